The highest BCUT2D eigenvalue weighted by Gasteiger charge is 2.31. The number of hydrogen-bond acceptors (Lipinski definition) is 6. The van der Waals surface area contributed by atoms with Crippen molar-refractivity contribution in [1.82, 2.24) is 5.32 Å². The van der Waals surface area contributed by atoms with Gasteiger partial charge in [-0.3, -0.25) is 4.79 Å². The highest BCUT2D eigenvalue weighted by Crippen LogP contribution is 2.19. The highest BCUT2D eigenvalue weighted by molar-refractivity contribution is 5.89. The topological polar surface area (TPSA) is 73.9 Å². The molecule has 114 valence electrons. The molecule has 0 amide bonds. The summed E-state index contributed by atoms with van der Waals surface area (Å²) in [5.74, 6) is 0.0245. The van der Waals surface area contributed by atoms with Crippen LogP contribution in [0.3, 0.4) is 0 Å². The van der Waals surface area contributed by atoms with E-state index in [0.29, 0.717) is 30.9 Å². The van der Waals surface area contributed by atoms with Crippen molar-refractivity contribution in [3.05, 3.63) is 29.8 Å². The molecule has 1 aliphatic heterocycles. The second kappa shape index (κ2) is 7.08. The lowest BCUT2D eigenvalue weighted by Crippen LogP contribution is -2.31. The Labute approximate surface area is 123 Å². The number of nitrogens with one attached hydrogen (secondary N) is 1. The molecule has 0 unspecified atom stereocenters. The molecule has 0 aliphatic carbocycles. The van der Waals surface area contributed by atoms with E-state index in [4.69, 9.17) is 9.47 Å². The van der Waals surface area contributed by atoms with E-state index in [1.165, 1.54) is 7.11 Å². The van der Waals surface area contributed by atoms with Crippen molar-refractivity contribution < 1.29 is 23.8 Å². The Bertz CT molecular complexity index is 499. The van der Waals surface area contributed by atoms with Crippen molar-refractivity contribution in [2.24, 2.45) is 0 Å². The largest absolute Gasteiger partial charge is 0.489 e. The van der Waals surface area contributed by atoms with Crippen LogP contribution in [-0.4, -0.2) is 44.3 Å². The molecular weight excluding hydrogens is 274 g/mol. The minimum Gasteiger partial charge on any atom is -0.489 e. The quantitative estimate of drug-likeness (QED) is 0.821. The molecule has 0 spiro atoms. The molecule has 0 bridgehead atoms. The maximum atomic E-state index is 11.5. The summed E-state index contributed by atoms with van der Waals surface area (Å²) in [6.45, 7) is 2.69. The van der Waals surface area contributed by atoms with Gasteiger partial charge in [-0.15, -0.1) is 0 Å². The summed E-state index contributed by atoms with van der Waals surface area (Å²) in [7, 11) is 1.37. The molecule has 1 aromatic rings. The Morgan fingerprint density at radius 3 is 2.62 bits per heavy atom. The molecule has 6 nitrogen and oxygen atoms in total. The molecule has 1 fully saturated rings. The van der Waals surface area contributed by atoms with Crippen LogP contribution in [0.2, 0.25) is 0 Å². The van der Waals surface area contributed by atoms with Gasteiger partial charge < -0.3 is 19.5 Å². The van der Waals surface area contributed by atoms with Crippen LogP contribution in [0.4, 0.5) is 0 Å². The zero-order valence-corrected chi connectivity index (χ0v) is 12.1. The lowest BCUT2D eigenvalue weighted by molar-refractivity contribution is -0.142. The van der Waals surface area contributed by atoms with Crippen molar-refractivity contribution in [3.63, 3.8) is 0 Å². The molecule has 2 atom stereocenters. The van der Waals surface area contributed by atoms with Gasteiger partial charge in [0, 0.05) is 13.0 Å². The number of rotatable bonds is 5. The monoisotopic (exact) mass is 293 g/mol. The van der Waals surface area contributed by atoms with Gasteiger partial charge in [-0.05, 0) is 31.2 Å². The Kier molecular flexibility index (Phi) is 5.16. The fraction of sp³-hybridized carbons (Fsp3) is 0.467. The fourth-order valence-corrected chi connectivity index (χ4v) is 2.19. The van der Waals surface area contributed by atoms with Crippen LogP contribution < -0.4 is 10.1 Å². The Hall–Kier alpha value is -2.08. The summed E-state index contributed by atoms with van der Waals surface area (Å²) >= 11 is 0. The molecule has 1 heterocycles. The third kappa shape index (κ3) is 3.95. The van der Waals surface area contributed by atoms with Gasteiger partial charge in [0.15, 0.2) is 0 Å². The van der Waals surface area contributed by atoms with Gasteiger partial charge in [0.1, 0.15) is 17.9 Å². The van der Waals surface area contributed by atoms with Crippen molar-refractivity contribution in [3.8, 4) is 5.75 Å². The highest BCUT2D eigenvalue weighted by atomic mass is 16.5. The summed E-state index contributed by atoms with van der Waals surface area (Å²) in [6, 6.07) is 6.44. The van der Waals surface area contributed by atoms with Crippen molar-refractivity contribution in [2.45, 2.75) is 25.5 Å². The zero-order valence-electron chi connectivity index (χ0n) is 12.1. The first kappa shape index (κ1) is 15.3. The van der Waals surface area contributed by atoms with Gasteiger partial charge in [-0.2, -0.15) is 0 Å². The summed E-state index contributed by atoms with van der Waals surface area (Å²) in [5, 5.41) is 3.05. The molecule has 2 rings (SSSR count). The van der Waals surface area contributed by atoms with Crippen LogP contribution in [0, 0.1) is 0 Å². The second-order valence-corrected chi connectivity index (χ2v) is 4.70. The van der Waals surface area contributed by atoms with E-state index in [2.05, 4.69) is 10.1 Å². The van der Waals surface area contributed by atoms with Crippen LogP contribution in [0.25, 0.3) is 0 Å². The number of carbonyl (C=O) groups excluding carboxylic acids is 2. The fourth-order valence-electron chi connectivity index (χ4n) is 2.19. The summed E-state index contributed by atoms with van der Waals surface area (Å²) in [6.07, 6.45) is 0.467. The number of hydrogen-bond donors (Lipinski definition) is 1. The Balaban J connectivity index is 1.89. The third-order valence-electron chi connectivity index (χ3n) is 3.24. The van der Waals surface area contributed by atoms with Gasteiger partial charge in [0.2, 0.25) is 0 Å². The number of esters is 2. The van der Waals surface area contributed by atoms with Gasteiger partial charge in [0.25, 0.3) is 0 Å². The van der Waals surface area contributed by atoms with Crippen LogP contribution in [0.1, 0.15) is 23.7 Å². The number of ether oxygens (including phenoxy) is 3. The van der Waals surface area contributed by atoms with Crippen LogP contribution in [0.15, 0.2) is 24.3 Å². The van der Waals surface area contributed by atoms with E-state index in [1.54, 1.807) is 31.2 Å². The smallest absolute Gasteiger partial charge is 0.338 e. The van der Waals surface area contributed by atoms with Crippen LogP contribution in [0.5, 0.6) is 5.75 Å². The van der Waals surface area contributed by atoms with Crippen LogP contribution in [-0.2, 0) is 14.3 Å². The maximum Gasteiger partial charge on any atom is 0.338 e. The van der Waals surface area contributed by atoms with Gasteiger partial charge in [0.05, 0.1) is 19.3 Å². The predicted octanol–water partition coefficient (Wildman–Crippen LogP) is 1.15. The maximum absolute atomic E-state index is 11.5. The summed E-state index contributed by atoms with van der Waals surface area (Å²) < 4.78 is 15.4. The minimum atomic E-state index is -0.350. The van der Waals surface area contributed by atoms with E-state index in [1.807, 2.05) is 0 Å². The number of methoxy groups -OCH3 is 1. The molecule has 1 aromatic carbocycles. The minimum absolute atomic E-state index is 0.0949. The second-order valence-electron chi connectivity index (χ2n) is 4.70. The van der Waals surface area contributed by atoms with Crippen molar-refractivity contribution in [1.29, 1.82) is 0 Å². The molecular formula is C15H19NO5. The average molecular weight is 293 g/mol. The third-order valence-corrected chi connectivity index (χ3v) is 3.24. The first-order chi connectivity index (χ1) is 10.1. The zero-order chi connectivity index (χ0) is 15.2. The van der Waals surface area contributed by atoms with Crippen molar-refractivity contribution >= 4 is 11.9 Å². The standard InChI is InChI=1S/C15H19NO5/c1-3-20-14(17)10-4-6-11(7-5-10)21-12-8-13(16-9-12)15(18)19-2/h4-7,12-13,16H,3,8-9H2,1-2H3/t12-,13-/m0/s1. The van der Waals surface area contributed by atoms with E-state index in [-0.39, 0.29) is 24.1 Å². The lowest BCUT2D eigenvalue weighted by Gasteiger charge is -2.13. The summed E-state index contributed by atoms with van der Waals surface area (Å²) in [4.78, 5) is 22.9. The van der Waals surface area contributed by atoms with Crippen LogP contribution >= 0.6 is 0 Å². The lowest BCUT2D eigenvalue weighted by atomic mass is 10.2. The molecule has 1 N–H and O–H groups in total. The molecule has 1 aliphatic rings. The molecule has 0 saturated carbocycles. The molecule has 1 saturated heterocycles. The Morgan fingerprint density at radius 1 is 1.29 bits per heavy atom. The number of carbonyl (C=O) groups is 2. The predicted molar refractivity (Wildman–Crippen MR) is 75.2 cm³/mol. The summed E-state index contributed by atoms with van der Waals surface area (Å²) in [5.41, 5.74) is 0.487. The average Bonchev–Trinajstić information content (AvgIpc) is 2.96. The van der Waals surface area contributed by atoms with E-state index in [9.17, 15) is 9.59 Å². The van der Waals surface area contributed by atoms with Gasteiger partial charge in [-0.1, -0.05) is 0 Å². The van der Waals surface area contributed by atoms with Gasteiger partial charge >= 0.3 is 11.9 Å². The molecule has 6 heteroatoms. The van der Waals surface area contributed by atoms with E-state index in [0.717, 1.165) is 0 Å². The molecule has 0 radical (unpaired) electrons. The normalized spacial score (nSPS) is 20.9. The first-order valence-corrected chi connectivity index (χ1v) is 6.89. The van der Waals surface area contributed by atoms with E-state index >= 15 is 0 Å². The molecule has 21 heavy (non-hydrogen) atoms. The van der Waals surface area contributed by atoms with Crippen molar-refractivity contribution in [2.75, 3.05) is 20.3 Å². The van der Waals surface area contributed by atoms with Gasteiger partial charge in [-0.25, -0.2) is 4.79 Å². The molecule has 0 aromatic heterocycles. The Morgan fingerprint density at radius 2 is 2.00 bits per heavy atom. The number of benzene rings is 1. The SMILES string of the molecule is CCOC(=O)c1ccc(O[C@@H]2CN[C@H](C(=O)OC)C2)cc1. The first-order valence-electron chi connectivity index (χ1n) is 6.89. The van der Waals surface area contributed by atoms with E-state index < -0.39 is 0 Å².